The van der Waals surface area contributed by atoms with Gasteiger partial charge in [-0.1, -0.05) is 0 Å². The van der Waals surface area contributed by atoms with Crippen molar-refractivity contribution in [1.29, 1.82) is 0 Å². The van der Waals surface area contributed by atoms with Crippen LogP contribution in [0.1, 0.15) is 0 Å². The molecule has 0 N–H and O–H groups in total. The molecule has 42 valence electrons. The van der Waals surface area contributed by atoms with Crippen LogP contribution < -0.4 is 14.0 Å². The van der Waals surface area contributed by atoms with Gasteiger partial charge >= 0.3 is 17.4 Å². The molecule has 7 heavy (non-hydrogen) atoms. The maximum Gasteiger partial charge on any atom is 3.00 e. The van der Waals surface area contributed by atoms with Crippen molar-refractivity contribution in [3.63, 3.8) is 0 Å². The fraction of sp³-hybridized carbons (Fsp3) is 0. The van der Waals surface area contributed by atoms with Crippen LogP contribution in [0.3, 0.4) is 0 Å². The molecule has 0 amide bonds. The number of halogens is 3. The quantitative estimate of drug-likeness (QED) is 0.411. The van der Waals surface area contributed by atoms with Gasteiger partial charge in [-0.25, -0.2) is 35.6 Å². The molecule has 0 fully saturated rings. The summed E-state index contributed by atoms with van der Waals surface area (Å²) in [6, 6.07) is 0. The van der Waals surface area contributed by atoms with Crippen molar-refractivity contribution in [2.24, 2.45) is 0 Å². The predicted octanol–water partition coefficient (Wildman–Crippen LogP) is -1.88. The van der Waals surface area contributed by atoms with E-state index in [9.17, 15) is 0 Å². The molecule has 0 saturated carbocycles. The van der Waals surface area contributed by atoms with Crippen LogP contribution in [0.25, 0.3) is 0 Å². The van der Waals surface area contributed by atoms with Crippen LogP contribution in [0, 0.1) is 0 Å². The average molecular weight is 181 g/mol. The van der Waals surface area contributed by atoms with E-state index in [0.717, 1.165) is 0 Å². The first kappa shape index (κ1) is 24.0. The smallest absolute Gasteiger partial charge is 0.769 e. The topological polar surface area (TPSA) is 69.2 Å². The summed E-state index contributed by atoms with van der Waals surface area (Å²) in [6.45, 7) is 0. The zero-order valence-electron chi connectivity index (χ0n) is 2.94. The molecule has 0 aliphatic rings. The maximum atomic E-state index is 7.72. The Morgan fingerprint density at radius 1 is 0.571 bits per heavy atom. The summed E-state index contributed by atoms with van der Waals surface area (Å²) in [6.07, 6.45) is 0. The molecule has 0 bridgehead atoms. The zero-order valence-corrected chi connectivity index (χ0v) is 6.36. The van der Waals surface area contributed by atoms with Crippen LogP contribution >= 0.6 is 35.6 Å². The summed E-state index contributed by atoms with van der Waals surface area (Å²) in [5.41, 5.74) is 0. The van der Waals surface area contributed by atoms with E-state index in [1.165, 1.54) is 0 Å². The Hall–Kier alpha value is 1.28. The largest absolute Gasteiger partial charge is 3.00 e. The Balaban J connectivity index is -0.00000000900. The van der Waals surface area contributed by atoms with Crippen LogP contribution in [0.2, 0.25) is 0 Å². The molecule has 0 saturated heterocycles. The van der Waals surface area contributed by atoms with Crippen molar-refractivity contribution >= 4 is 53.0 Å². The fourth-order valence-electron chi connectivity index (χ4n) is 0. The van der Waals surface area contributed by atoms with Gasteiger partial charge in [0.05, 0.1) is 0 Å². The first-order valence-electron chi connectivity index (χ1n) is 0.463. The Morgan fingerprint density at radius 2 is 0.571 bits per heavy atom. The van der Waals surface area contributed by atoms with Crippen LogP contribution in [0.4, 0.5) is 0 Å². The van der Waals surface area contributed by atoms with E-state index in [1.54, 1.807) is 0 Å². The minimum atomic E-state index is 0. The molecule has 0 heterocycles. The minimum Gasteiger partial charge on any atom is -0.769 e. The molecule has 0 aromatic carbocycles. The SMILES string of the molecule is [Al+3].[O-]Cl.[O-]Cl.[O-]Cl. The maximum absolute atomic E-state index is 7.72. The standard InChI is InChI=1S/Al.3ClO/c;3*1-2/q+3;3*-1. The molecule has 7 heteroatoms. The molecule has 0 unspecified atom stereocenters. The summed E-state index contributed by atoms with van der Waals surface area (Å²) < 4.78 is 23.2. The molecule has 0 rings (SSSR count). The van der Waals surface area contributed by atoms with Crippen LogP contribution in [0.15, 0.2) is 0 Å². The van der Waals surface area contributed by atoms with Crippen molar-refractivity contribution in [2.75, 3.05) is 0 Å². The number of hydrogen-bond acceptors (Lipinski definition) is 3. The first-order valence-corrected chi connectivity index (χ1v) is 1.39. The van der Waals surface area contributed by atoms with Gasteiger partial charge in [0.25, 0.3) is 0 Å². The van der Waals surface area contributed by atoms with E-state index in [2.05, 4.69) is 35.6 Å². The van der Waals surface area contributed by atoms with Gasteiger partial charge in [-0.05, 0) is 0 Å². The van der Waals surface area contributed by atoms with Crippen molar-refractivity contribution in [3.05, 3.63) is 0 Å². The molecule has 0 atom stereocenters. The van der Waals surface area contributed by atoms with Crippen molar-refractivity contribution in [2.45, 2.75) is 0 Å². The Bertz CT molecular complexity index is 10.1. The first-order chi connectivity index (χ1) is 3.00. The molecule has 0 aliphatic heterocycles. The molecule has 0 aliphatic carbocycles. The van der Waals surface area contributed by atoms with Crippen LogP contribution in [-0.2, 0) is 0 Å². The van der Waals surface area contributed by atoms with Crippen molar-refractivity contribution in [3.8, 4) is 0 Å². The van der Waals surface area contributed by atoms with Crippen molar-refractivity contribution < 1.29 is 14.0 Å². The predicted molar refractivity (Wildman–Crippen MR) is 23.3 cm³/mol. The molecule has 0 aromatic rings. The second kappa shape index (κ2) is 175. The monoisotopic (exact) mass is 180 g/mol. The number of hydrogen-bond donors (Lipinski definition) is 0. The van der Waals surface area contributed by atoms with Gasteiger partial charge in [-0.15, -0.1) is 0 Å². The fourth-order valence-corrected chi connectivity index (χ4v) is 0. The molecular weight excluding hydrogens is 181 g/mol. The Morgan fingerprint density at radius 3 is 0.571 bits per heavy atom. The van der Waals surface area contributed by atoms with E-state index in [4.69, 9.17) is 14.0 Å². The van der Waals surface area contributed by atoms with Crippen LogP contribution in [0.5, 0.6) is 0 Å². The van der Waals surface area contributed by atoms with E-state index < -0.39 is 0 Å². The normalized spacial score (nSPS) is 2.57. The van der Waals surface area contributed by atoms with Crippen molar-refractivity contribution in [1.82, 2.24) is 0 Å². The third-order valence-electron chi connectivity index (χ3n) is 0. The third-order valence-corrected chi connectivity index (χ3v) is 0. The van der Waals surface area contributed by atoms with Gasteiger partial charge in [0.2, 0.25) is 0 Å². The van der Waals surface area contributed by atoms with Gasteiger partial charge in [-0.2, -0.15) is 0 Å². The van der Waals surface area contributed by atoms with E-state index in [-0.39, 0.29) is 17.4 Å². The second-order valence-corrected chi connectivity index (χ2v) is 0. The Labute approximate surface area is 67.1 Å². The average Bonchev–Trinajstić information content (AvgIpc) is 1.81. The van der Waals surface area contributed by atoms with E-state index >= 15 is 0 Å². The van der Waals surface area contributed by atoms with Gasteiger partial charge < -0.3 is 14.0 Å². The summed E-state index contributed by atoms with van der Waals surface area (Å²) in [5, 5.41) is 0. The summed E-state index contributed by atoms with van der Waals surface area (Å²) >= 11 is 10.2. The number of rotatable bonds is 0. The van der Waals surface area contributed by atoms with Gasteiger partial charge in [0.1, 0.15) is 0 Å². The van der Waals surface area contributed by atoms with Gasteiger partial charge in [0.15, 0.2) is 0 Å². The molecular formula is AlCl3O3. The van der Waals surface area contributed by atoms with Crippen LogP contribution in [-0.4, -0.2) is 17.4 Å². The Kier molecular flexibility index (Phi) is 598. The third kappa shape index (κ3) is 124. The van der Waals surface area contributed by atoms with Gasteiger partial charge in [-0.3, -0.25) is 0 Å². The van der Waals surface area contributed by atoms with E-state index in [0.29, 0.717) is 0 Å². The second-order valence-electron chi connectivity index (χ2n) is 0. The molecule has 0 aromatic heterocycles. The molecule has 0 spiro atoms. The summed E-state index contributed by atoms with van der Waals surface area (Å²) in [7, 11) is 0. The van der Waals surface area contributed by atoms with E-state index in [1.807, 2.05) is 0 Å². The zero-order chi connectivity index (χ0) is 6.00. The minimum absolute atomic E-state index is 0. The van der Waals surface area contributed by atoms with Gasteiger partial charge in [0, 0.05) is 0 Å². The summed E-state index contributed by atoms with van der Waals surface area (Å²) in [4.78, 5) is 0. The summed E-state index contributed by atoms with van der Waals surface area (Å²) in [5.74, 6) is 0. The molecule has 3 nitrogen and oxygen atoms in total. The molecule has 0 radical (unpaired) electrons.